The third-order valence-electron chi connectivity index (χ3n) is 6.48. The number of thioether (sulfide) groups is 1. The fourth-order valence-corrected chi connectivity index (χ4v) is 6.96. The molecule has 204 valence electrons. The maximum atomic E-state index is 13.3. The normalized spacial score (nSPS) is 17.0. The molecule has 3 aromatic rings. The van der Waals surface area contributed by atoms with Gasteiger partial charge in [0.2, 0.25) is 11.0 Å². The summed E-state index contributed by atoms with van der Waals surface area (Å²) in [5.41, 5.74) is 9.09. The van der Waals surface area contributed by atoms with Crippen LogP contribution in [0.4, 0.5) is 10.8 Å². The molecule has 0 spiro atoms. The summed E-state index contributed by atoms with van der Waals surface area (Å²) < 4.78 is 5.81. The van der Waals surface area contributed by atoms with Crippen molar-refractivity contribution in [1.29, 1.82) is 5.26 Å². The molecule has 0 radical (unpaired) electrons. The lowest BCUT2D eigenvalue weighted by Crippen LogP contribution is -2.38. The Kier molecular flexibility index (Phi) is 8.32. The van der Waals surface area contributed by atoms with Gasteiger partial charge in [0.05, 0.1) is 36.1 Å². The van der Waals surface area contributed by atoms with E-state index in [1.165, 1.54) is 30.2 Å². The highest BCUT2D eigenvalue weighted by Gasteiger charge is 2.42. The first-order valence-corrected chi connectivity index (χ1v) is 14.7. The maximum absolute atomic E-state index is 13.3. The summed E-state index contributed by atoms with van der Waals surface area (Å²) in [5.74, 6) is -0.215. The zero-order valence-corrected chi connectivity index (χ0v) is 24.3. The molecule has 1 amide bonds. The third-order valence-corrected chi connectivity index (χ3v) is 9.09. The predicted octanol–water partition coefficient (Wildman–Crippen LogP) is 5.89. The number of rotatable bonds is 7. The fourth-order valence-electron chi connectivity index (χ4n) is 4.76. The molecular formula is C27H22Cl2N6O3S2. The highest BCUT2D eigenvalue weighted by atomic mass is 35.5. The Hall–Kier alpha value is -3.56. The summed E-state index contributed by atoms with van der Waals surface area (Å²) in [6.45, 7) is 0. The number of Topliss-reactive ketones (excluding diaryl/α,β-unsaturated/α-hetero) is 1. The van der Waals surface area contributed by atoms with Gasteiger partial charge in [-0.1, -0.05) is 64.5 Å². The largest absolute Gasteiger partial charge is 0.495 e. The highest BCUT2D eigenvalue weighted by Crippen LogP contribution is 2.48. The zero-order chi connectivity index (χ0) is 28.4. The van der Waals surface area contributed by atoms with Gasteiger partial charge < -0.3 is 15.8 Å². The lowest BCUT2D eigenvalue weighted by molar-refractivity contribution is -0.116. The molecular weight excluding hydrogens is 591 g/mol. The molecule has 40 heavy (non-hydrogen) atoms. The summed E-state index contributed by atoms with van der Waals surface area (Å²) in [4.78, 5) is 27.5. The maximum Gasteiger partial charge on any atom is 0.234 e. The third kappa shape index (κ3) is 5.40. The van der Waals surface area contributed by atoms with Crippen LogP contribution in [0, 0.1) is 11.3 Å². The average Bonchev–Trinajstić information content (AvgIpc) is 3.40. The Morgan fingerprint density at radius 2 is 2.08 bits per heavy atom. The van der Waals surface area contributed by atoms with E-state index in [0.29, 0.717) is 67.0 Å². The van der Waals surface area contributed by atoms with E-state index in [-0.39, 0.29) is 28.8 Å². The van der Waals surface area contributed by atoms with Crippen molar-refractivity contribution < 1.29 is 14.3 Å². The second kappa shape index (κ2) is 11.9. The number of nitriles is 1. The van der Waals surface area contributed by atoms with E-state index >= 15 is 0 Å². The van der Waals surface area contributed by atoms with Crippen LogP contribution in [-0.4, -0.2) is 34.8 Å². The summed E-state index contributed by atoms with van der Waals surface area (Å²) in [6.07, 6.45) is 1.55. The number of nitrogens with one attached hydrogen (secondary N) is 1. The van der Waals surface area contributed by atoms with Crippen LogP contribution in [0.3, 0.4) is 0 Å². The number of halogens is 2. The first kappa shape index (κ1) is 28.0. The van der Waals surface area contributed by atoms with Gasteiger partial charge in [-0.25, -0.2) is 0 Å². The SMILES string of the molecule is COc1ccccc1NC(=O)CSc1nnc(N2C(N)=C(C#N)C(c3ccc(Cl)cc3Cl)C3=C2CCCC3=O)s1. The number of hydrogen-bond acceptors (Lipinski definition) is 10. The van der Waals surface area contributed by atoms with E-state index < -0.39 is 5.92 Å². The molecule has 2 heterocycles. The van der Waals surface area contributed by atoms with Crippen LogP contribution in [0.25, 0.3) is 0 Å². The van der Waals surface area contributed by atoms with Crippen molar-refractivity contribution in [2.75, 3.05) is 23.1 Å². The van der Waals surface area contributed by atoms with E-state index in [2.05, 4.69) is 21.6 Å². The molecule has 0 fully saturated rings. The first-order chi connectivity index (χ1) is 19.3. The minimum atomic E-state index is -0.714. The van der Waals surface area contributed by atoms with Crippen molar-refractivity contribution >= 4 is 68.8 Å². The Morgan fingerprint density at radius 3 is 2.83 bits per heavy atom. The van der Waals surface area contributed by atoms with Crippen molar-refractivity contribution in [3.8, 4) is 11.8 Å². The fraction of sp³-hybridized carbons (Fsp3) is 0.222. The van der Waals surface area contributed by atoms with Crippen LogP contribution < -0.4 is 20.7 Å². The Morgan fingerprint density at radius 1 is 1.27 bits per heavy atom. The minimum Gasteiger partial charge on any atom is -0.495 e. The van der Waals surface area contributed by atoms with Crippen LogP contribution in [0.5, 0.6) is 5.75 Å². The van der Waals surface area contributed by atoms with E-state index in [1.54, 1.807) is 41.3 Å². The molecule has 0 bridgehead atoms. The lowest BCUT2D eigenvalue weighted by atomic mass is 9.76. The van der Waals surface area contributed by atoms with E-state index in [1.807, 2.05) is 6.07 Å². The number of ketones is 1. The smallest absolute Gasteiger partial charge is 0.234 e. The topological polar surface area (TPSA) is 134 Å². The molecule has 2 aliphatic rings. The number of para-hydroxylation sites is 2. The lowest BCUT2D eigenvalue weighted by Gasteiger charge is -2.38. The van der Waals surface area contributed by atoms with Gasteiger partial charge in [0, 0.05) is 27.7 Å². The van der Waals surface area contributed by atoms with Crippen molar-refractivity contribution in [2.45, 2.75) is 29.5 Å². The van der Waals surface area contributed by atoms with Gasteiger partial charge >= 0.3 is 0 Å². The Labute approximate surface area is 248 Å². The van der Waals surface area contributed by atoms with E-state index in [4.69, 9.17) is 33.7 Å². The van der Waals surface area contributed by atoms with Gasteiger partial charge in [0.15, 0.2) is 10.1 Å². The van der Waals surface area contributed by atoms with Crippen LogP contribution in [-0.2, 0) is 9.59 Å². The number of benzene rings is 2. The molecule has 5 rings (SSSR count). The van der Waals surface area contributed by atoms with Gasteiger partial charge in [0.1, 0.15) is 11.6 Å². The van der Waals surface area contributed by atoms with E-state index in [9.17, 15) is 14.9 Å². The number of carbonyl (C=O) groups is 2. The van der Waals surface area contributed by atoms with Crippen LogP contribution in [0.2, 0.25) is 10.0 Å². The number of amides is 1. The zero-order valence-electron chi connectivity index (χ0n) is 21.1. The van der Waals surface area contributed by atoms with E-state index in [0.717, 1.165) is 0 Å². The van der Waals surface area contributed by atoms with Crippen LogP contribution >= 0.6 is 46.3 Å². The standard InChI is InChI=1S/C27H22Cl2N6O3S2/c1-38-21-8-3-2-5-18(21)32-22(37)13-39-27-34-33-26(40-27)35-19-6-4-7-20(36)24(19)23(16(12-30)25(35)31)15-10-9-14(28)11-17(15)29/h2-3,5,8-11,23H,4,6-7,13,31H2,1H3,(H,32,37). The molecule has 3 N–H and O–H groups in total. The van der Waals surface area contributed by atoms with Gasteiger partial charge in [-0.05, 0) is 42.7 Å². The molecule has 13 heteroatoms. The monoisotopic (exact) mass is 612 g/mol. The van der Waals surface area contributed by atoms with Gasteiger partial charge in [0.25, 0.3) is 0 Å². The molecule has 9 nitrogen and oxygen atoms in total. The van der Waals surface area contributed by atoms with Crippen molar-refractivity contribution in [2.24, 2.45) is 5.73 Å². The number of hydrogen-bond donors (Lipinski definition) is 2. The van der Waals surface area contributed by atoms with Crippen molar-refractivity contribution in [1.82, 2.24) is 10.2 Å². The molecule has 1 unspecified atom stereocenters. The average molecular weight is 614 g/mol. The summed E-state index contributed by atoms with van der Waals surface area (Å²) in [5, 5.41) is 22.7. The second-order valence-corrected chi connectivity index (χ2v) is 11.9. The van der Waals surface area contributed by atoms with Gasteiger partial charge in [-0.2, -0.15) is 5.26 Å². The van der Waals surface area contributed by atoms with Crippen LogP contribution in [0.15, 0.2) is 69.5 Å². The Balaban J connectivity index is 1.43. The number of carbonyl (C=O) groups excluding carboxylic acids is 2. The van der Waals surface area contributed by atoms with Crippen molar-refractivity contribution in [3.05, 3.63) is 80.7 Å². The molecule has 1 atom stereocenters. The summed E-state index contributed by atoms with van der Waals surface area (Å²) in [6, 6.07) is 14.3. The predicted molar refractivity (Wildman–Crippen MR) is 157 cm³/mol. The molecule has 2 aromatic carbocycles. The number of allylic oxidation sites excluding steroid dienone is 3. The second-order valence-electron chi connectivity index (χ2n) is 8.87. The molecule has 0 saturated carbocycles. The Bertz CT molecular complexity index is 1610. The number of anilines is 2. The number of nitrogens with zero attached hydrogens (tertiary/aromatic N) is 4. The van der Waals surface area contributed by atoms with Crippen LogP contribution in [0.1, 0.15) is 30.7 Å². The number of methoxy groups -OCH3 is 1. The number of nitrogens with two attached hydrogens (primary N) is 1. The van der Waals surface area contributed by atoms with Gasteiger partial charge in [-0.3, -0.25) is 14.5 Å². The molecule has 1 aromatic heterocycles. The molecule has 1 aliphatic carbocycles. The summed E-state index contributed by atoms with van der Waals surface area (Å²) >= 11 is 15.1. The van der Waals surface area contributed by atoms with Crippen molar-refractivity contribution in [3.63, 3.8) is 0 Å². The molecule has 1 aliphatic heterocycles. The molecule has 0 saturated heterocycles. The number of ether oxygens (including phenoxy) is 1. The highest BCUT2D eigenvalue weighted by molar-refractivity contribution is 8.01. The number of aromatic nitrogens is 2. The van der Waals surface area contributed by atoms with Gasteiger partial charge in [-0.15, -0.1) is 10.2 Å². The minimum absolute atomic E-state index is 0.0744. The first-order valence-electron chi connectivity index (χ1n) is 12.1. The quantitative estimate of drug-likeness (QED) is 0.313. The summed E-state index contributed by atoms with van der Waals surface area (Å²) in [7, 11) is 1.54.